The highest BCUT2D eigenvalue weighted by molar-refractivity contribution is 14.1. The summed E-state index contributed by atoms with van der Waals surface area (Å²) in [5, 5.41) is 0. The molecule has 0 aliphatic carbocycles. The van der Waals surface area contributed by atoms with E-state index in [-0.39, 0.29) is 0 Å². The van der Waals surface area contributed by atoms with Gasteiger partial charge in [-0.1, -0.05) is 71.1 Å². The van der Waals surface area contributed by atoms with Gasteiger partial charge in [0, 0.05) is 13.7 Å². The zero-order chi connectivity index (χ0) is 23.6. The van der Waals surface area contributed by atoms with Crippen molar-refractivity contribution in [2.75, 3.05) is 24.9 Å². The van der Waals surface area contributed by atoms with E-state index < -0.39 is 0 Å². The molecule has 0 spiro atoms. The Hall–Kier alpha value is 0.650. The molecule has 0 rings (SSSR count). The van der Waals surface area contributed by atoms with Gasteiger partial charge in [-0.15, -0.1) is 0 Å². The second-order valence-corrected chi connectivity index (χ2v) is 12.5. The average molecular weight is 553 g/mol. The highest BCUT2D eigenvalue weighted by Crippen LogP contribution is 2.30. The summed E-state index contributed by atoms with van der Waals surface area (Å²) >= 11 is 2.51. The lowest BCUT2D eigenvalue weighted by Gasteiger charge is -2.26. The Morgan fingerprint density at radius 1 is 0.548 bits per heavy atom. The van der Waals surface area contributed by atoms with E-state index in [1.807, 2.05) is 0 Å². The molecule has 0 aromatic rings. The molecule has 0 aliphatic heterocycles. The molecule has 0 saturated heterocycles. The van der Waals surface area contributed by atoms with E-state index in [9.17, 15) is 0 Å². The van der Waals surface area contributed by atoms with Gasteiger partial charge in [0.1, 0.15) is 6.79 Å². The summed E-state index contributed by atoms with van der Waals surface area (Å²) in [6, 6.07) is 0. The van der Waals surface area contributed by atoms with Crippen molar-refractivity contribution in [2.24, 2.45) is 41.4 Å². The van der Waals surface area contributed by atoms with Gasteiger partial charge in [0.25, 0.3) is 0 Å². The minimum atomic E-state index is 0.426. The van der Waals surface area contributed by atoms with Crippen molar-refractivity contribution in [1.82, 2.24) is 0 Å². The third-order valence-electron chi connectivity index (χ3n) is 6.85. The van der Waals surface area contributed by atoms with Gasteiger partial charge in [-0.3, -0.25) is 0 Å². The second kappa shape index (κ2) is 20.1. The number of halogens is 1. The van der Waals surface area contributed by atoms with Crippen LogP contribution in [0.15, 0.2) is 0 Å². The molecule has 0 aromatic carbocycles. The largest absolute Gasteiger partial charge is 0.359 e. The van der Waals surface area contributed by atoms with E-state index >= 15 is 0 Å². The predicted octanol–water partition coefficient (Wildman–Crippen LogP) is 9.40. The summed E-state index contributed by atoms with van der Waals surface area (Å²) in [7, 11) is 1.68. The van der Waals surface area contributed by atoms with Gasteiger partial charge in [0.15, 0.2) is 0 Å². The summed E-state index contributed by atoms with van der Waals surface area (Å²) in [4.78, 5) is 0. The van der Waals surface area contributed by atoms with Crippen LogP contribution >= 0.6 is 22.6 Å². The Kier molecular flexibility index (Phi) is 20.5. The molecule has 0 amide bonds. The van der Waals surface area contributed by atoms with Crippen LogP contribution in [-0.2, 0) is 9.47 Å². The molecular formula is C28H57IO2. The lowest BCUT2D eigenvalue weighted by Crippen LogP contribution is -2.14. The topological polar surface area (TPSA) is 18.5 Å². The number of hydrogen-bond donors (Lipinski definition) is 0. The molecule has 7 unspecified atom stereocenters. The van der Waals surface area contributed by atoms with Gasteiger partial charge in [-0.05, 0) is 110 Å². The van der Waals surface area contributed by atoms with Crippen LogP contribution in [0.5, 0.6) is 0 Å². The van der Waals surface area contributed by atoms with E-state index in [2.05, 4.69) is 71.1 Å². The van der Waals surface area contributed by atoms with Crippen LogP contribution in [-0.4, -0.2) is 24.9 Å². The molecule has 0 saturated carbocycles. The van der Waals surface area contributed by atoms with Crippen molar-refractivity contribution in [3.63, 3.8) is 0 Å². The molecular weight excluding hydrogens is 495 g/mol. The van der Waals surface area contributed by atoms with Crippen molar-refractivity contribution in [3.05, 3.63) is 0 Å². The predicted molar refractivity (Wildman–Crippen MR) is 147 cm³/mol. The summed E-state index contributed by atoms with van der Waals surface area (Å²) in [5.74, 6) is 5.98. The van der Waals surface area contributed by atoms with Crippen LogP contribution in [0.3, 0.4) is 0 Å². The van der Waals surface area contributed by atoms with Crippen LogP contribution in [0, 0.1) is 41.4 Å². The van der Waals surface area contributed by atoms with Gasteiger partial charge in [-0.2, -0.15) is 0 Å². The minimum absolute atomic E-state index is 0.426. The quantitative estimate of drug-likeness (QED) is 0.0611. The lowest BCUT2D eigenvalue weighted by molar-refractivity contribution is -0.0323. The number of hydrogen-bond acceptors (Lipinski definition) is 2. The first-order valence-corrected chi connectivity index (χ1v) is 14.8. The Balaban J connectivity index is 4.01. The molecule has 0 aromatic heterocycles. The Morgan fingerprint density at radius 2 is 0.903 bits per heavy atom. The van der Waals surface area contributed by atoms with Gasteiger partial charge in [0.2, 0.25) is 0 Å². The van der Waals surface area contributed by atoms with Gasteiger partial charge in [0.05, 0.1) is 0 Å². The van der Waals surface area contributed by atoms with Crippen molar-refractivity contribution in [2.45, 2.75) is 113 Å². The molecule has 0 radical (unpaired) electrons. The molecule has 7 atom stereocenters. The minimum Gasteiger partial charge on any atom is -0.359 e. The van der Waals surface area contributed by atoms with Gasteiger partial charge < -0.3 is 9.47 Å². The Labute approximate surface area is 210 Å². The third kappa shape index (κ3) is 19.8. The van der Waals surface area contributed by atoms with Crippen LogP contribution in [0.1, 0.15) is 113 Å². The fourth-order valence-electron chi connectivity index (χ4n) is 5.94. The van der Waals surface area contributed by atoms with Crippen LogP contribution in [0.2, 0.25) is 0 Å². The highest BCUT2D eigenvalue weighted by atomic mass is 127. The molecule has 3 heteroatoms. The number of rotatable bonds is 21. The first-order valence-electron chi connectivity index (χ1n) is 13.3. The monoisotopic (exact) mass is 552 g/mol. The fraction of sp³-hybridized carbons (Fsp3) is 1.00. The van der Waals surface area contributed by atoms with Crippen molar-refractivity contribution in [3.8, 4) is 0 Å². The summed E-state index contributed by atoms with van der Waals surface area (Å²) < 4.78 is 11.7. The molecule has 188 valence electrons. The van der Waals surface area contributed by atoms with E-state index in [4.69, 9.17) is 9.47 Å². The van der Waals surface area contributed by atoms with Gasteiger partial charge in [-0.25, -0.2) is 0 Å². The molecule has 0 bridgehead atoms. The Morgan fingerprint density at radius 3 is 1.26 bits per heavy atom. The summed E-state index contributed by atoms with van der Waals surface area (Å²) in [6.45, 7) is 18.5. The zero-order valence-corrected chi connectivity index (χ0v) is 24.6. The molecule has 0 heterocycles. The van der Waals surface area contributed by atoms with E-state index in [0.29, 0.717) is 6.79 Å². The van der Waals surface area contributed by atoms with E-state index in [0.717, 1.165) is 54.5 Å². The average Bonchev–Trinajstić information content (AvgIpc) is 2.65. The summed E-state index contributed by atoms with van der Waals surface area (Å²) in [6.07, 6.45) is 13.6. The maximum absolute atomic E-state index is 5.41. The first kappa shape index (κ1) is 31.6. The van der Waals surface area contributed by atoms with Crippen molar-refractivity contribution in [1.29, 1.82) is 0 Å². The van der Waals surface area contributed by atoms with Crippen molar-refractivity contribution >= 4 is 22.6 Å². The lowest BCUT2D eigenvalue weighted by atomic mass is 9.80. The Bertz CT molecular complexity index is 389. The third-order valence-corrected chi connectivity index (χ3v) is 7.61. The molecule has 2 nitrogen and oxygen atoms in total. The molecule has 0 N–H and O–H groups in total. The fourth-order valence-corrected chi connectivity index (χ4v) is 6.38. The summed E-state index contributed by atoms with van der Waals surface area (Å²) in [5.41, 5.74) is 0. The maximum atomic E-state index is 5.41. The normalized spacial score (nSPS) is 18.9. The van der Waals surface area contributed by atoms with Gasteiger partial charge >= 0.3 is 0 Å². The number of methoxy groups -OCH3 is 1. The highest BCUT2D eigenvalue weighted by Gasteiger charge is 2.18. The first-order chi connectivity index (χ1) is 14.7. The number of alkyl halides is 1. The maximum Gasteiger partial charge on any atom is 0.146 e. The molecule has 31 heavy (non-hydrogen) atoms. The zero-order valence-electron chi connectivity index (χ0n) is 22.4. The SMILES string of the molecule is COCOCCCC(C)CC(C)CC(C)CC(C)CC(C)CC(C)CC(C)CCCI. The smallest absolute Gasteiger partial charge is 0.146 e. The van der Waals surface area contributed by atoms with Crippen LogP contribution in [0.25, 0.3) is 0 Å². The molecule has 0 aliphatic rings. The van der Waals surface area contributed by atoms with Crippen LogP contribution < -0.4 is 0 Å². The number of ether oxygens (including phenoxy) is 2. The van der Waals surface area contributed by atoms with Crippen molar-refractivity contribution < 1.29 is 9.47 Å². The van der Waals surface area contributed by atoms with E-state index in [1.54, 1.807) is 7.11 Å². The second-order valence-electron chi connectivity index (χ2n) is 11.4. The standard InChI is InChI=1S/C28H57IO2/c1-22(11-9-13-29)15-24(3)17-26(5)19-28(7)20-27(6)18-25(4)16-23(2)12-10-14-31-21-30-8/h22-28H,9-21H2,1-8H3. The van der Waals surface area contributed by atoms with Crippen LogP contribution in [0.4, 0.5) is 0 Å². The van der Waals surface area contributed by atoms with E-state index in [1.165, 1.54) is 62.2 Å². The molecule has 0 fully saturated rings.